The number of aliphatic imine (C=N–C) groups is 1. The van der Waals surface area contributed by atoms with Gasteiger partial charge in [0.25, 0.3) is 0 Å². The number of benzene rings is 2. The number of aromatic nitrogens is 1. The summed E-state index contributed by atoms with van der Waals surface area (Å²) < 4.78 is 14.5. The van der Waals surface area contributed by atoms with Gasteiger partial charge < -0.3 is 5.32 Å². The van der Waals surface area contributed by atoms with Crippen molar-refractivity contribution in [1.82, 2.24) is 4.98 Å². The van der Waals surface area contributed by atoms with Gasteiger partial charge in [-0.3, -0.25) is 9.69 Å². The van der Waals surface area contributed by atoms with Gasteiger partial charge in [0, 0.05) is 17.9 Å². The lowest BCUT2D eigenvalue weighted by atomic mass is 10.2. The van der Waals surface area contributed by atoms with Gasteiger partial charge in [-0.1, -0.05) is 35.7 Å². The summed E-state index contributed by atoms with van der Waals surface area (Å²) in [6.45, 7) is 6.30. The van der Waals surface area contributed by atoms with Crippen LogP contribution in [0.1, 0.15) is 12.0 Å². The molecule has 0 atom stereocenters. The first-order chi connectivity index (χ1) is 15.5. The van der Waals surface area contributed by atoms with Crippen LogP contribution in [0.3, 0.4) is 0 Å². The quantitative estimate of drug-likeness (QED) is 0.483. The highest BCUT2D eigenvalue weighted by molar-refractivity contribution is 8.14. The first-order valence-corrected chi connectivity index (χ1v) is 12.8. The number of allylic oxidation sites excluding steroid dienone is 1. The maximum Gasteiger partial charge on any atom is 0.236 e. The van der Waals surface area contributed by atoms with E-state index in [0.717, 1.165) is 49.9 Å². The third-order valence-corrected chi connectivity index (χ3v) is 8.05. The Morgan fingerprint density at radius 1 is 1.28 bits per heavy atom. The molecule has 0 aliphatic carbocycles. The molecule has 1 amide bonds. The van der Waals surface area contributed by atoms with E-state index in [0.29, 0.717) is 10.3 Å². The molecule has 0 fully saturated rings. The lowest BCUT2D eigenvalue weighted by Crippen LogP contribution is -2.32. The van der Waals surface area contributed by atoms with Gasteiger partial charge in [0.05, 0.1) is 32.3 Å². The van der Waals surface area contributed by atoms with Crippen LogP contribution in [0.4, 0.5) is 15.2 Å². The van der Waals surface area contributed by atoms with E-state index in [2.05, 4.69) is 22.9 Å². The Labute approximate surface area is 197 Å². The maximum absolute atomic E-state index is 13.5. The van der Waals surface area contributed by atoms with Crippen molar-refractivity contribution in [3.63, 3.8) is 0 Å². The summed E-state index contributed by atoms with van der Waals surface area (Å²) in [6, 6.07) is 12.3. The Hall–Kier alpha value is -2.62. The second kappa shape index (κ2) is 8.73. The fourth-order valence-corrected chi connectivity index (χ4v) is 6.41. The Balaban J connectivity index is 1.33. The lowest BCUT2D eigenvalue weighted by Gasteiger charge is -2.31. The summed E-state index contributed by atoms with van der Waals surface area (Å²) >= 11 is 4.53. The van der Waals surface area contributed by atoms with E-state index in [1.54, 1.807) is 23.9 Å². The topological polar surface area (TPSA) is 57.6 Å². The summed E-state index contributed by atoms with van der Waals surface area (Å²) in [6.07, 6.45) is 0.873. The van der Waals surface area contributed by atoms with E-state index < -0.39 is 0 Å². The summed E-state index contributed by atoms with van der Waals surface area (Å²) in [5, 5.41) is 4.14. The number of fused-ring (bicyclic) bond motifs is 1. The van der Waals surface area contributed by atoms with Crippen LogP contribution in [-0.4, -0.2) is 27.6 Å². The molecular formula is C23H19FN4OS3. The minimum atomic E-state index is -0.303. The molecule has 2 aliphatic heterocycles. The first kappa shape index (κ1) is 21.2. The largest absolute Gasteiger partial charge is 0.301 e. The molecule has 1 N–H and O–H groups in total. The fourth-order valence-electron chi connectivity index (χ4n) is 3.51. The van der Waals surface area contributed by atoms with Gasteiger partial charge in [-0.2, -0.15) is 0 Å². The molecule has 0 saturated heterocycles. The molecule has 2 aliphatic rings. The normalized spacial score (nSPS) is 15.9. The number of hydrogen-bond acceptors (Lipinski definition) is 7. The molecule has 0 spiro atoms. The number of hydrogen-bond donors (Lipinski definition) is 1. The highest BCUT2D eigenvalue weighted by Gasteiger charge is 2.31. The van der Waals surface area contributed by atoms with Gasteiger partial charge in [0.15, 0.2) is 10.3 Å². The van der Waals surface area contributed by atoms with E-state index in [1.807, 2.05) is 24.0 Å². The van der Waals surface area contributed by atoms with Crippen molar-refractivity contribution in [1.29, 1.82) is 0 Å². The molecule has 0 saturated carbocycles. The maximum atomic E-state index is 13.5. The van der Waals surface area contributed by atoms with Gasteiger partial charge in [-0.05, 0) is 48.9 Å². The number of carbonyl (C=O) groups is 1. The van der Waals surface area contributed by atoms with Crippen molar-refractivity contribution < 1.29 is 9.18 Å². The zero-order chi connectivity index (χ0) is 22.2. The molecule has 0 unspecified atom stereocenters. The molecular weight excluding hydrogens is 463 g/mol. The molecule has 3 heterocycles. The van der Waals surface area contributed by atoms with Crippen LogP contribution in [0.25, 0.3) is 10.2 Å². The third kappa shape index (κ3) is 4.20. The van der Waals surface area contributed by atoms with Crippen molar-refractivity contribution in [2.24, 2.45) is 4.99 Å². The highest BCUT2D eigenvalue weighted by Crippen LogP contribution is 2.43. The van der Waals surface area contributed by atoms with Crippen LogP contribution in [0, 0.1) is 12.7 Å². The van der Waals surface area contributed by atoms with Crippen LogP contribution in [-0.2, 0) is 4.79 Å². The zero-order valence-corrected chi connectivity index (χ0v) is 19.7. The van der Waals surface area contributed by atoms with Gasteiger partial charge in [-0.25, -0.2) is 14.4 Å². The van der Waals surface area contributed by atoms with Crippen molar-refractivity contribution in [2.75, 3.05) is 21.7 Å². The number of amides is 1. The number of carbonyl (C=O) groups excluding carboxylic acids is 1. The molecule has 1 aromatic heterocycles. The summed E-state index contributed by atoms with van der Waals surface area (Å²) in [5.74, 6) is 0.677. The Kier molecular flexibility index (Phi) is 5.79. The van der Waals surface area contributed by atoms with Crippen LogP contribution in [0.15, 0.2) is 70.3 Å². The number of nitrogens with one attached hydrogen (secondary N) is 1. The number of anilines is 2. The number of thioether (sulfide) groups is 2. The predicted molar refractivity (Wildman–Crippen MR) is 135 cm³/mol. The number of rotatable bonds is 4. The van der Waals surface area contributed by atoms with Crippen molar-refractivity contribution >= 4 is 67.0 Å². The van der Waals surface area contributed by atoms with Crippen LogP contribution in [0.5, 0.6) is 0 Å². The van der Waals surface area contributed by atoms with Crippen molar-refractivity contribution in [2.45, 2.75) is 13.3 Å². The molecule has 32 heavy (non-hydrogen) atoms. The van der Waals surface area contributed by atoms with Gasteiger partial charge >= 0.3 is 0 Å². The van der Waals surface area contributed by atoms with Crippen molar-refractivity contribution in [3.05, 3.63) is 76.7 Å². The van der Waals surface area contributed by atoms with E-state index in [-0.39, 0.29) is 17.5 Å². The lowest BCUT2D eigenvalue weighted by molar-refractivity contribution is -0.113. The van der Waals surface area contributed by atoms with E-state index in [4.69, 9.17) is 4.99 Å². The SMILES string of the molecule is C=C1C2=C(CCS2)N=C(SCC(=O)Nc2nc3ccc(C)cc3s2)N1c1ccc(F)cc1. The molecule has 5 rings (SSSR count). The van der Waals surface area contributed by atoms with Crippen molar-refractivity contribution in [3.8, 4) is 0 Å². The second-order valence-electron chi connectivity index (χ2n) is 7.35. The molecule has 162 valence electrons. The van der Waals surface area contributed by atoms with Gasteiger partial charge in [0.2, 0.25) is 5.91 Å². The Bertz CT molecular complexity index is 1300. The van der Waals surface area contributed by atoms with Crippen LogP contribution < -0.4 is 10.2 Å². The number of amidine groups is 1. The van der Waals surface area contributed by atoms with Crippen LogP contribution in [0.2, 0.25) is 0 Å². The zero-order valence-electron chi connectivity index (χ0n) is 17.2. The van der Waals surface area contributed by atoms with E-state index in [9.17, 15) is 9.18 Å². The molecule has 9 heteroatoms. The smallest absolute Gasteiger partial charge is 0.236 e. The number of aryl methyl sites for hydroxylation is 1. The minimum Gasteiger partial charge on any atom is -0.301 e. The number of thiazole rings is 1. The number of nitrogens with zero attached hydrogens (tertiary/aromatic N) is 3. The number of halogens is 1. The minimum absolute atomic E-state index is 0.154. The average molecular weight is 483 g/mol. The molecule has 2 aromatic carbocycles. The molecule has 3 aromatic rings. The third-order valence-electron chi connectivity index (χ3n) is 5.01. The Morgan fingerprint density at radius 3 is 2.91 bits per heavy atom. The predicted octanol–water partition coefficient (Wildman–Crippen LogP) is 6.15. The second-order valence-corrected chi connectivity index (χ2v) is 10.4. The van der Waals surface area contributed by atoms with Gasteiger partial charge in [0.1, 0.15) is 5.82 Å². The summed E-state index contributed by atoms with van der Waals surface area (Å²) in [5.41, 5.74) is 4.61. The summed E-state index contributed by atoms with van der Waals surface area (Å²) in [4.78, 5) is 24.9. The average Bonchev–Trinajstić information content (AvgIpc) is 3.39. The van der Waals surface area contributed by atoms with Crippen LogP contribution >= 0.6 is 34.9 Å². The molecule has 0 radical (unpaired) electrons. The van der Waals surface area contributed by atoms with E-state index in [1.165, 1.54) is 35.2 Å². The Morgan fingerprint density at radius 2 is 2.09 bits per heavy atom. The van der Waals surface area contributed by atoms with E-state index >= 15 is 0 Å². The fraction of sp³-hybridized carbons (Fsp3) is 0.174. The summed E-state index contributed by atoms with van der Waals surface area (Å²) in [7, 11) is 0. The molecule has 0 bridgehead atoms. The molecule has 5 nitrogen and oxygen atoms in total. The first-order valence-electron chi connectivity index (χ1n) is 9.97. The highest BCUT2D eigenvalue weighted by atomic mass is 32.2. The monoisotopic (exact) mass is 482 g/mol. The van der Waals surface area contributed by atoms with Gasteiger partial charge in [-0.15, -0.1) is 11.8 Å². The standard InChI is InChI=1S/C23H19FN4OS3/c1-13-3-8-17-19(11-13)32-22(25-17)27-20(29)12-31-23-26-18-9-10-30-21(18)14(2)28(23)16-6-4-15(24)5-7-16/h3-8,11H,2,9-10,12H2,1H3,(H,25,27,29).